The number of hydrogen-bond donors (Lipinski definition) is 2. The number of amides is 3. The summed E-state index contributed by atoms with van der Waals surface area (Å²) in [6, 6.07) is 19.1. The fourth-order valence-electron chi connectivity index (χ4n) is 9.48. The van der Waals surface area contributed by atoms with Crippen LogP contribution in [0, 0.1) is 33.6 Å². The van der Waals surface area contributed by atoms with Crippen LogP contribution in [0.25, 0.3) is 26.6 Å². The number of aliphatic hydroxyl groups is 1. The Balaban J connectivity index is 0.930. The Hall–Kier alpha value is -6.36. The third-order valence-corrected chi connectivity index (χ3v) is 15.3. The van der Waals surface area contributed by atoms with Crippen LogP contribution in [-0.2, 0) is 25.7 Å². The number of carbonyl (C=O) groups excluding carboxylic acids is 4. The van der Waals surface area contributed by atoms with Crippen LogP contribution in [0.15, 0.2) is 77.2 Å². The van der Waals surface area contributed by atoms with E-state index in [9.17, 15) is 24.3 Å². The number of aliphatic hydroxyl groups excluding tert-OH is 1. The second-order valence-corrected chi connectivity index (χ2v) is 19.8. The summed E-state index contributed by atoms with van der Waals surface area (Å²) < 4.78 is 7.05. The first-order chi connectivity index (χ1) is 31.6. The zero-order valence-electron chi connectivity index (χ0n) is 38.2. The van der Waals surface area contributed by atoms with Crippen molar-refractivity contribution in [2.24, 2.45) is 10.9 Å². The second-order valence-electron chi connectivity index (χ2n) is 17.8. The molecule has 340 valence electrons. The summed E-state index contributed by atoms with van der Waals surface area (Å²) in [4.78, 5) is 70.1. The van der Waals surface area contributed by atoms with Crippen molar-refractivity contribution in [2.75, 3.05) is 13.7 Å². The number of nitrogens with one attached hydrogen (secondary N) is 1. The number of fused-ring (bicyclic) bond motifs is 4. The van der Waals surface area contributed by atoms with E-state index in [1.54, 1.807) is 27.6 Å². The van der Waals surface area contributed by atoms with Crippen molar-refractivity contribution in [3.05, 3.63) is 128 Å². The van der Waals surface area contributed by atoms with Crippen LogP contribution >= 0.6 is 22.7 Å². The number of aromatic nitrogens is 4. The molecule has 3 aromatic heterocycles. The third kappa shape index (κ3) is 8.04. The van der Waals surface area contributed by atoms with Crippen LogP contribution in [0.1, 0.15) is 106 Å². The molecular weight excluding hydrogens is 873 g/mol. The highest BCUT2D eigenvalue weighted by molar-refractivity contribution is 7.15. The summed E-state index contributed by atoms with van der Waals surface area (Å²) in [5.41, 5.74) is 11.6. The van der Waals surface area contributed by atoms with Crippen molar-refractivity contribution < 1.29 is 29.0 Å². The van der Waals surface area contributed by atoms with Gasteiger partial charge in [-0.3, -0.25) is 28.7 Å². The highest BCUT2D eigenvalue weighted by Crippen LogP contribution is 2.40. The molecular formula is C50H52N8O6S2. The molecule has 66 heavy (non-hydrogen) atoms. The van der Waals surface area contributed by atoms with Crippen LogP contribution in [0.3, 0.4) is 0 Å². The number of aryl methyl sites for hydroxylation is 3. The fourth-order valence-corrected chi connectivity index (χ4v) is 11.5. The van der Waals surface area contributed by atoms with Gasteiger partial charge in [-0.15, -0.1) is 32.9 Å². The molecule has 0 spiro atoms. The van der Waals surface area contributed by atoms with Crippen LogP contribution in [0.5, 0.6) is 0 Å². The number of β-amino-alcohol motifs (C(OH)–C–C–N with tert-alkyl or cyclic N) is 1. The van der Waals surface area contributed by atoms with E-state index in [2.05, 4.69) is 34.3 Å². The summed E-state index contributed by atoms with van der Waals surface area (Å²) in [7, 11) is 1.36. The molecule has 1 saturated heterocycles. The molecule has 0 bridgehead atoms. The molecule has 6 aromatic rings. The van der Waals surface area contributed by atoms with E-state index in [0.717, 1.165) is 70.7 Å². The Bertz CT molecular complexity index is 2920. The van der Waals surface area contributed by atoms with Gasteiger partial charge in [-0.2, -0.15) is 0 Å². The van der Waals surface area contributed by atoms with Gasteiger partial charge in [0.1, 0.15) is 29.0 Å². The van der Waals surface area contributed by atoms with Gasteiger partial charge >= 0.3 is 5.97 Å². The van der Waals surface area contributed by atoms with E-state index in [4.69, 9.17) is 9.73 Å². The molecule has 0 aliphatic carbocycles. The maximum Gasteiger partial charge on any atom is 0.308 e. The molecule has 16 heteroatoms. The molecule has 3 aliphatic heterocycles. The van der Waals surface area contributed by atoms with Gasteiger partial charge in [-0.1, -0.05) is 68.4 Å². The normalized spacial score (nSPS) is 18.7. The number of thiophene rings is 1. The Morgan fingerprint density at radius 1 is 0.924 bits per heavy atom. The summed E-state index contributed by atoms with van der Waals surface area (Å²) >= 11 is 3.22. The molecule has 3 aromatic carbocycles. The van der Waals surface area contributed by atoms with Gasteiger partial charge in [-0.25, -0.2) is 4.98 Å². The smallest absolute Gasteiger partial charge is 0.308 e. The van der Waals surface area contributed by atoms with E-state index in [1.807, 2.05) is 111 Å². The second kappa shape index (κ2) is 17.8. The Labute approximate surface area is 391 Å². The Kier molecular flexibility index (Phi) is 12.1. The van der Waals surface area contributed by atoms with Gasteiger partial charge in [0, 0.05) is 41.1 Å². The average molecular weight is 925 g/mol. The van der Waals surface area contributed by atoms with Gasteiger partial charge in [-0.05, 0) is 86.1 Å². The number of carbonyl (C=O) groups is 4. The molecule has 14 nitrogen and oxygen atoms in total. The number of likely N-dealkylation sites (tertiary alicyclic amines) is 1. The highest BCUT2D eigenvalue weighted by Gasteiger charge is 2.46. The average Bonchev–Trinajstić information content (AvgIpc) is 4.12. The van der Waals surface area contributed by atoms with Crippen molar-refractivity contribution in [1.29, 1.82) is 0 Å². The maximum absolute atomic E-state index is 14.6. The van der Waals surface area contributed by atoms with Crippen molar-refractivity contribution in [3.8, 4) is 26.6 Å². The number of aliphatic imine (C=N–C) groups is 1. The van der Waals surface area contributed by atoms with Crippen LogP contribution in [0.4, 0.5) is 0 Å². The molecule has 9 rings (SSSR count). The van der Waals surface area contributed by atoms with Crippen molar-refractivity contribution in [1.82, 2.24) is 34.9 Å². The summed E-state index contributed by atoms with van der Waals surface area (Å²) in [5.74, 6) is -0.338. The number of hydrogen-bond acceptors (Lipinski definition) is 12. The Morgan fingerprint density at radius 2 is 1.62 bits per heavy atom. The number of esters is 1. The topological polar surface area (TPSA) is 172 Å². The van der Waals surface area contributed by atoms with Crippen molar-refractivity contribution in [2.45, 2.75) is 98.1 Å². The van der Waals surface area contributed by atoms with E-state index < -0.39 is 30.2 Å². The number of ether oxygens (including phenoxy) is 1. The molecule has 5 atom stereocenters. The zero-order valence-corrected chi connectivity index (χ0v) is 39.8. The quantitative estimate of drug-likeness (QED) is 0.124. The lowest BCUT2D eigenvalue weighted by molar-refractivity contribution is -0.143. The van der Waals surface area contributed by atoms with Gasteiger partial charge in [0.2, 0.25) is 11.8 Å². The molecule has 3 amide bonds. The minimum Gasteiger partial charge on any atom is -0.469 e. The minimum absolute atomic E-state index is 0.00129. The molecule has 3 aliphatic rings. The summed E-state index contributed by atoms with van der Waals surface area (Å²) in [6.45, 7) is 14.0. The van der Waals surface area contributed by atoms with Gasteiger partial charge in [0.25, 0.3) is 5.91 Å². The molecule has 0 radical (unpaired) electrons. The van der Waals surface area contributed by atoms with E-state index in [0.29, 0.717) is 17.2 Å². The summed E-state index contributed by atoms with van der Waals surface area (Å²) in [6.07, 6.45) is -0.763. The molecule has 6 heterocycles. The number of rotatable bonds is 11. The first-order valence-electron chi connectivity index (χ1n) is 22.1. The van der Waals surface area contributed by atoms with Crippen molar-refractivity contribution >= 4 is 52.1 Å². The first-order valence-corrected chi connectivity index (χ1v) is 23.8. The minimum atomic E-state index is -0.893. The highest BCUT2D eigenvalue weighted by atomic mass is 32.1. The predicted octanol–water partition coefficient (Wildman–Crippen LogP) is 7.63. The molecule has 0 saturated carbocycles. The number of nitrogens with zero attached hydrogens (tertiary/aromatic N) is 7. The van der Waals surface area contributed by atoms with Crippen LogP contribution < -0.4 is 5.32 Å². The zero-order chi connectivity index (χ0) is 46.7. The van der Waals surface area contributed by atoms with Gasteiger partial charge in [0.15, 0.2) is 5.82 Å². The number of benzene rings is 3. The van der Waals surface area contributed by atoms with Gasteiger partial charge < -0.3 is 25.0 Å². The lowest BCUT2D eigenvalue weighted by atomic mass is 9.96. The number of thiazole rings is 1. The van der Waals surface area contributed by atoms with E-state index >= 15 is 0 Å². The lowest BCUT2D eigenvalue weighted by Crippen LogP contribution is -2.55. The first kappa shape index (κ1) is 44.8. The predicted molar refractivity (Wildman–Crippen MR) is 254 cm³/mol. The molecule has 1 fully saturated rings. The fraction of sp³-hybridized carbons (Fsp3) is 0.360. The van der Waals surface area contributed by atoms with Crippen molar-refractivity contribution in [3.63, 3.8) is 0 Å². The Morgan fingerprint density at radius 3 is 2.30 bits per heavy atom. The van der Waals surface area contributed by atoms with E-state index in [-0.39, 0.29) is 55.6 Å². The van der Waals surface area contributed by atoms with Gasteiger partial charge in [0.05, 0.1) is 47.5 Å². The monoisotopic (exact) mass is 924 g/mol. The SMILES string of the molecule is COC(=O)C[C@@H]1N=C(c2ccc(-c3ccc4c(c3)CN(C(C(=O)N3C[C@H](O)C[C@H]3C(=O)N[C@@H](C)c3ccc(-c5scnc5C)cc3)C(C)C)C4=O)cc2)c2c(sc(C)c2C)-n2c(C)nnc21. The molecule has 1 unspecified atom stereocenters. The number of methoxy groups -OCH3 is 1. The lowest BCUT2D eigenvalue weighted by Gasteiger charge is -2.35. The van der Waals surface area contributed by atoms with Crippen LogP contribution in [-0.4, -0.2) is 95.9 Å². The maximum atomic E-state index is 14.6. The van der Waals surface area contributed by atoms with Crippen LogP contribution in [0.2, 0.25) is 0 Å². The third-order valence-electron chi connectivity index (χ3n) is 13.1. The standard InChI is InChI=1S/C50H52N8O6S2/c1-25(2)44(49(63)56-23-37(59)20-40(56)47(61)52-27(4)31-9-15-34(16-10-31)45-28(5)51-24-65-45)57-22-36-19-35(17-18-38(36)48(57)62)32-11-13-33(14-12-32)43-42-26(3)29(6)66-50(42)58-30(7)54-55-46(58)39(53-43)21-41(60)64-8/h9-19,24-25,27,37,39-40,44,59H,20-23H2,1-8H3,(H,52,61)/t27-,37+,39-,40-,44?/m0/s1. The largest absolute Gasteiger partial charge is 0.469 e. The van der Waals surface area contributed by atoms with E-state index in [1.165, 1.54) is 12.0 Å². The summed E-state index contributed by atoms with van der Waals surface area (Å²) in [5, 5.41) is 23.7. The molecule has 2 N–H and O–H groups in total.